The summed E-state index contributed by atoms with van der Waals surface area (Å²) in [6.07, 6.45) is 5.50. The highest BCUT2D eigenvalue weighted by atomic mass is 16.2. The van der Waals surface area contributed by atoms with Crippen molar-refractivity contribution in [2.75, 3.05) is 31.1 Å². The Kier molecular flexibility index (Phi) is 4.95. The first-order valence-electron chi connectivity index (χ1n) is 10.3. The summed E-state index contributed by atoms with van der Waals surface area (Å²) < 4.78 is 3.63. The van der Waals surface area contributed by atoms with Crippen LogP contribution in [0.15, 0.2) is 73.3 Å². The minimum absolute atomic E-state index is 0.00699. The average Bonchev–Trinajstić information content (AvgIpc) is 3.50. The van der Waals surface area contributed by atoms with Crippen LogP contribution in [0.3, 0.4) is 0 Å². The second kappa shape index (κ2) is 8.06. The quantitative estimate of drug-likeness (QED) is 0.514. The minimum Gasteiger partial charge on any atom is -0.353 e. The van der Waals surface area contributed by atoms with Crippen LogP contribution in [0, 0.1) is 0 Å². The Morgan fingerprint density at radius 3 is 2.32 bits per heavy atom. The Morgan fingerprint density at radius 1 is 0.871 bits per heavy atom. The van der Waals surface area contributed by atoms with Gasteiger partial charge in [-0.25, -0.2) is 9.97 Å². The second-order valence-corrected chi connectivity index (χ2v) is 7.51. The molecule has 1 aliphatic heterocycles. The van der Waals surface area contributed by atoms with Gasteiger partial charge in [-0.2, -0.15) is 5.10 Å². The summed E-state index contributed by atoms with van der Waals surface area (Å²) in [5, 5.41) is 4.53. The number of carbonyl (C=O) groups excluding carboxylic acids is 1. The zero-order valence-corrected chi connectivity index (χ0v) is 17.3. The normalized spacial score (nSPS) is 14.1. The van der Waals surface area contributed by atoms with Gasteiger partial charge in [0, 0.05) is 57.3 Å². The van der Waals surface area contributed by atoms with Gasteiger partial charge in [0.25, 0.3) is 5.91 Å². The van der Waals surface area contributed by atoms with Gasteiger partial charge < -0.3 is 14.4 Å². The fourth-order valence-corrected chi connectivity index (χ4v) is 3.86. The van der Waals surface area contributed by atoms with Crippen molar-refractivity contribution < 1.29 is 4.79 Å². The molecule has 1 amide bonds. The van der Waals surface area contributed by atoms with Gasteiger partial charge in [-0.1, -0.05) is 30.3 Å². The maximum absolute atomic E-state index is 13.1. The first-order chi connectivity index (χ1) is 15.2. The highest BCUT2D eigenvalue weighted by Crippen LogP contribution is 2.21. The van der Waals surface area contributed by atoms with E-state index in [1.54, 1.807) is 11.0 Å². The van der Waals surface area contributed by atoms with E-state index in [2.05, 4.69) is 20.0 Å². The van der Waals surface area contributed by atoms with Crippen molar-refractivity contribution in [1.29, 1.82) is 0 Å². The molecule has 31 heavy (non-hydrogen) atoms. The standard InChI is InChI=1S/C23H23N7O/c1-27-20(15-19(26-27)18-7-3-2-4-8-18)23(31)30-13-11-29(12-14-30)22-16-21(24-17-25-22)28-9-5-6-10-28/h2-10,15-17H,11-14H2,1H3. The van der Waals surface area contributed by atoms with Crippen LogP contribution in [0.1, 0.15) is 10.5 Å². The molecule has 4 aromatic rings. The Morgan fingerprint density at radius 2 is 1.58 bits per heavy atom. The molecular formula is C23H23N7O. The molecule has 0 saturated carbocycles. The molecule has 0 unspecified atom stereocenters. The van der Waals surface area contributed by atoms with Crippen LogP contribution in [-0.2, 0) is 7.05 Å². The third-order valence-electron chi connectivity index (χ3n) is 5.57. The van der Waals surface area contributed by atoms with E-state index in [0.29, 0.717) is 18.8 Å². The lowest BCUT2D eigenvalue weighted by molar-refractivity contribution is 0.0735. The summed E-state index contributed by atoms with van der Waals surface area (Å²) in [5.74, 6) is 1.71. The van der Waals surface area contributed by atoms with Crippen LogP contribution in [0.2, 0.25) is 0 Å². The number of aryl methyl sites for hydroxylation is 1. The zero-order chi connectivity index (χ0) is 21.2. The molecule has 0 atom stereocenters. The number of piperazine rings is 1. The lowest BCUT2D eigenvalue weighted by atomic mass is 10.1. The van der Waals surface area contributed by atoms with Crippen molar-refractivity contribution in [3.63, 3.8) is 0 Å². The van der Waals surface area contributed by atoms with E-state index in [1.165, 1.54) is 0 Å². The highest BCUT2D eigenvalue weighted by Gasteiger charge is 2.25. The molecule has 1 fully saturated rings. The van der Waals surface area contributed by atoms with Crippen molar-refractivity contribution in [2.45, 2.75) is 0 Å². The Balaban J connectivity index is 1.28. The number of rotatable bonds is 4. The summed E-state index contributed by atoms with van der Waals surface area (Å²) in [6, 6.07) is 17.7. The first kappa shape index (κ1) is 19.0. The maximum atomic E-state index is 13.1. The Hall–Kier alpha value is -3.94. The van der Waals surface area contributed by atoms with Crippen LogP contribution >= 0.6 is 0 Å². The van der Waals surface area contributed by atoms with Crippen molar-refractivity contribution in [3.8, 4) is 17.1 Å². The van der Waals surface area contributed by atoms with Gasteiger partial charge in [-0.3, -0.25) is 9.48 Å². The topological polar surface area (TPSA) is 72.1 Å². The predicted molar refractivity (Wildman–Crippen MR) is 118 cm³/mol. The molecule has 3 aromatic heterocycles. The van der Waals surface area contributed by atoms with Gasteiger partial charge in [0.05, 0.1) is 5.69 Å². The number of hydrogen-bond acceptors (Lipinski definition) is 5. The van der Waals surface area contributed by atoms with E-state index in [4.69, 9.17) is 0 Å². The molecule has 0 radical (unpaired) electrons. The van der Waals surface area contributed by atoms with Gasteiger partial charge in [0.1, 0.15) is 23.7 Å². The number of hydrogen-bond donors (Lipinski definition) is 0. The second-order valence-electron chi connectivity index (χ2n) is 7.51. The van der Waals surface area contributed by atoms with E-state index < -0.39 is 0 Å². The molecule has 4 heterocycles. The van der Waals surface area contributed by atoms with Crippen LogP contribution in [0.4, 0.5) is 5.82 Å². The average molecular weight is 413 g/mol. The third kappa shape index (κ3) is 3.79. The van der Waals surface area contributed by atoms with E-state index >= 15 is 0 Å². The third-order valence-corrected chi connectivity index (χ3v) is 5.57. The molecule has 0 spiro atoms. The van der Waals surface area contributed by atoms with Crippen molar-refractivity contribution in [3.05, 3.63) is 79.0 Å². The smallest absolute Gasteiger partial charge is 0.272 e. The Labute approximate surface area is 180 Å². The highest BCUT2D eigenvalue weighted by molar-refractivity contribution is 5.94. The SMILES string of the molecule is Cn1nc(-c2ccccc2)cc1C(=O)N1CCN(c2cc(-n3cccc3)ncn2)CC1. The van der Waals surface area contributed by atoms with Gasteiger partial charge in [0.15, 0.2) is 0 Å². The van der Waals surface area contributed by atoms with Crippen molar-refractivity contribution in [1.82, 2.24) is 29.2 Å². The molecular weight excluding hydrogens is 390 g/mol. The van der Waals surface area contributed by atoms with Crippen LogP contribution < -0.4 is 4.90 Å². The summed E-state index contributed by atoms with van der Waals surface area (Å²) in [6.45, 7) is 2.70. The molecule has 1 aromatic carbocycles. The summed E-state index contributed by atoms with van der Waals surface area (Å²) in [4.78, 5) is 26.0. The monoisotopic (exact) mass is 413 g/mol. The molecule has 8 heteroatoms. The zero-order valence-electron chi connectivity index (χ0n) is 17.3. The van der Waals surface area contributed by atoms with E-state index in [0.717, 1.165) is 36.0 Å². The number of nitrogens with zero attached hydrogens (tertiary/aromatic N) is 7. The minimum atomic E-state index is 0.00699. The Bertz CT molecular complexity index is 1180. The first-order valence-corrected chi connectivity index (χ1v) is 10.3. The van der Waals surface area contributed by atoms with E-state index in [9.17, 15) is 4.79 Å². The van der Waals surface area contributed by atoms with Crippen LogP contribution in [-0.4, -0.2) is 61.3 Å². The molecule has 156 valence electrons. The number of aromatic nitrogens is 5. The molecule has 1 aliphatic rings. The van der Waals surface area contributed by atoms with E-state index in [-0.39, 0.29) is 5.91 Å². The van der Waals surface area contributed by atoms with Crippen LogP contribution in [0.5, 0.6) is 0 Å². The van der Waals surface area contributed by atoms with Crippen LogP contribution in [0.25, 0.3) is 17.1 Å². The molecule has 0 aliphatic carbocycles. The largest absolute Gasteiger partial charge is 0.353 e. The van der Waals surface area contributed by atoms with Gasteiger partial charge in [0.2, 0.25) is 0 Å². The molecule has 5 rings (SSSR count). The van der Waals surface area contributed by atoms with Crippen molar-refractivity contribution in [2.24, 2.45) is 7.05 Å². The molecule has 0 bridgehead atoms. The summed E-state index contributed by atoms with van der Waals surface area (Å²) >= 11 is 0. The number of anilines is 1. The predicted octanol–water partition coefficient (Wildman–Crippen LogP) is 2.63. The molecule has 1 saturated heterocycles. The fraction of sp³-hybridized carbons (Fsp3) is 0.217. The van der Waals surface area contributed by atoms with Crippen molar-refractivity contribution >= 4 is 11.7 Å². The number of amides is 1. The lowest BCUT2D eigenvalue weighted by Crippen LogP contribution is -2.49. The van der Waals surface area contributed by atoms with Gasteiger partial charge >= 0.3 is 0 Å². The maximum Gasteiger partial charge on any atom is 0.272 e. The fourth-order valence-electron chi connectivity index (χ4n) is 3.86. The summed E-state index contributed by atoms with van der Waals surface area (Å²) in [5.41, 5.74) is 2.41. The molecule has 8 nitrogen and oxygen atoms in total. The van der Waals surface area contributed by atoms with Gasteiger partial charge in [-0.15, -0.1) is 0 Å². The number of carbonyl (C=O) groups is 1. The number of benzene rings is 1. The van der Waals surface area contributed by atoms with Gasteiger partial charge in [-0.05, 0) is 18.2 Å². The molecule has 0 N–H and O–H groups in total. The lowest BCUT2D eigenvalue weighted by Gasteiger charge is -2.35. The van der Waals surface area contributed by atoms with E-state index in [1.807, 2.05) is 83.5 Å². The summed E-state index contributed by atoms with van der Waals surface area (Å²) in [7, 11) is 1.82.